The van der Waals surface area contributed by atoms with Gasteiger partial charge in [0.05, 0.1) is 13.2 Å². The lowest BCUT2D eigenvalue weighted by Gasteiger charge is -2.17. The molecule has 0 aliphatic carbocycles. The van der Waals surface area contributed by atoms with Gasteiger partial charge in [-0.15, -0.1) is 5.10 Å². The van der Waals surface area contributed by atoms with Gasteiger partial charge in [-0.2, -0.15) is 0 Å². The standard InChI is InChI=1S/C18H17N5O3/c24-18(17(23-12-19-21-22-23)13-5-2-1-3-6-13)20-14-7-8-15-16(11-14)26-10-4-9-25-15/h1-3,5-8,11-12,17H,4,9-10H2,(H,20,24)/t17-/m1/s1. The average molecular weight is 351 g/mol. The minimum absolute atomic E-state index is 0.252. The van der Waals surface area contributed by atoms with Gasteiger partial charge in [0.2, 0.25) is 0 Å². The molecule has 8 nitrogen and oxygen atoms in total. The van der Waals surface area contributed by atoms with Crippen molar-refractivity contribution in [3.8, 4) is 11.5 Å². The molecule has 4 rings (SSSR count). The highest BCUT2D eigenvalue weighted by atomic mass is 16.5. The predicted molar refractivity (Wildman–Crippen MR) is 93.1 cm³/mol. The molecule has 26 heavy (non-hydrogen) atoms. The van der Waals surface area contributed by atoms with Crippen LogP contribution in [0.3, 0.4) is 0 Å². The van der Waals surface area contributed by atoms with Crippen molar-refractivity contribution in [2.45, 2.75) is 12.5 Å². The molecule has 0 radical (unpaired) electrons. The van der Waals surface area contributed by atoms with Gasteiger partial charge in [0, 0.05) is 18.2 Å². The monoisotopic (exact) mass is 351 g/mol. The van der Waals surface area contributed by atoms with Gasteiger partial charge >= 0.3 is 0 Å². The van der Waals surface area contributed by atoms with E-state index in [2.05, 4.69) is 20.8 Å². The van der Waals surface area contributed by atoms with Crippen LogP contribution < -0.4 is 14.8 Å². The lowest BCUT2D eigenvalue weighted by atomic mass is 10.1. The molecule has 1 aliphatic rings. The van der Waals surface area contributed by atoms with Crippen molar-refractivity contribution in [1.82, 2.24) is 20.2 Å². The van der Waals surface area contributed by atoms with Gasteiger partial charge in [-0.25, -0.2) is 4.68 Å². The second-order valence-corrected chi connectivity index (χ2v) is 5.80. The fraction of sp³-hybridized carbons (Fsp3) is 0.222. The van der Waals surface area contributed by atoms with Crippen molar-refractivity contribution in [3.63, 3.8) is 0 Å². The number of amides is 1. The van der Waals surface area contributed by atoms with Crippen molar-refractivity contribution in [2.75, 3.05) is 18.5 Å². The van der Waals surface area contributed by atoms with Gasteiger partial charge in [0.25, 0.3) is 5.91 Å². The largest absolute Gasteiger partial charge is 0.490 e. The maximum Gasteiger partial charge on any atom is 0.253 e. The number of rotatable bonds is 4. The van der Waals surface area contributed by atoms with Crippen LogP contribution in [0.1, 0.15) is 18.0 Å². The van der Waals surface area contributed by atoms with E-state index in [1.807, 2.05) is 30.3 Å². The Morgan fingerprint density at radius 1 is 1.08 bits per heavy atom. The normalized spacial score (nSPS) is 14.3. The molecular formula is C18H17N5O3. The highest BCUT2D eigenvalue weighted by molar-refractivity contribution is 5.96. The Morgan fingerprint density at radius 2 is 1.88 bits per heavy atom. The third-order valence-corrected chi connectivity index (χ3v) is 4.01. The molecular weight excluding hydrogens is 334 g/mol. The second-order valence-electron chi connectivity index (χ2n) is 5.80. The van der Waals surface area contributed by atoms with Gasteiger partial charge in [-0.3, -0.25) is 4.79 Å². The van der Waals surface area contributed by atoms with Crippen molar-refractivity contribution < 1.29 is 14.3 Å². The second kappa shape index (κ2) is 7.22. The van der Waals surface area contributed by atoms with Crippen LogP contribution in [0.25, 0.3) is 0 Å². The quantitative estimate of drug-likeness (QED) is 0.774. The Morgan fingerprint density at radius 3 is 2.65 bits per heavy atom. The van der Waals surface area contributed by atoms with Gasteiger partial charge in [0.15, 0.2) is 17.5 Å². The zero-order valence-electron chi connectivity index (χ0n) is 13.9. The Balaban J connectivity index is 1.60. The van der Waals surface area contributed by atoms with Crippen LogP contribution in [0, 0.1) is 0 Å². The van der Waals surface area contributed by atoms with Crippen molar-refractivity contribution in [1.29, 1.82) is 0 Å². The Kier molecular flexibility index (Phi) is 4.46. The SMILES string of the molecule is O=C(Nc1ccc2c(c1)OCCCO2)[C@@H](c1ccccc1)n1cnnn1. The van der Waals surface area contributed by atoms with E-state index in [9.17, 15) is 4.79 Å². The summed E-state index contributed by atoms with van der Waals surface area (Å²) in [6.45, 7) is 1.20. The maximum atomic E-state index is 12.9. The summed E-state index contributed by atoms with van der Waals surface area (Å²) in [5, 5.41) is 14.1. The molecule has 0 fully saturated rings. The molecule has 0 unspecified atom stereocenters. The van der Waals surface area contributed by atoms with E-state index in [0.717, 1.165) is 12.0 Å². The first-order chi connectivity index (χ1) is 12.8. The molecule has 1 aliphatic heterocycles. The molecule has 1 N–H and O–H groups in total. The number of hydrogen-bond donors (Lipinski definition) is 1. The minimum atomic E-state index is -0.679. The lowest BCUT2D eigenvalue weighted by molar-refractivity contribution is -0.118. The number of ether oxygens (including phenoxy) is 2. The number of hydrogen-bond acceptors (Lipinski definition) is 6. The molecule has 1 amide bonds. The first kappa shape index (κ1) is 16.1. The van der Waals surface area contributed by atoms with Gasteiger partial charge in [0.1, 0.15) is 6.33 Å². The smallest absolute Gasteiger partial charge is 0.253 e. The number of carbonyl (C=O) groups is 1. The van der Waals surface area contributed by atoms with Crippen LogP contribution in [-0.4, -0.2) is 39.3 Å². The van der Waals surface area contributed by atoms with Crippen molar-refractivity contribution >= 4 is 11.6 Å². The van der Waals surface area contributed by atoms with E-state index in [4.69, 9.17) is 9.47 Å². The molecule has 2 heterocycles. The van der Waals surface area contributed by atoms with Crippen LogP contribution in [0.5, 0.6) is 11.5 Å². The van der Waals surface area contributed by atoms with Gasteiger partial charge in [-0.1, -0.05) is 30.3 Å². The van der Waals surface area contributed by atoms with Crippen LogP contribution in [0.4, 0.5) is 5.69 Å². The van der Waals surface area contributed by atoms with E-state index in [1.54, 1.807) is 18.2 Å². The van der Waals surface area contributed by atoms with Crippen molar-refractivity contribution in [3.05, 3.63) is 60.4 Å². The lowest BCUT2D eigenvalue weighted by Crippen LogP contribution is -2.27. The predicted octanol–water partition coefficient (Wildman–Crippen LogP) is 2.06. The maximum absolute atomic E-state index is 12.9. The first-order valence-electron chi connectivity index (χ1n) is 8.29. The summed E-state index contributed by atoms with van der Waals surface area (Å²) in [6, 6.07) is 14.0. The fourth-order valence-electron chi connectivity index (χ4n) is 2.80. The molecule has 0 bridgehead atoms. The van der Waals surface area contributed by atoms with Crippen molar-refractivity contribution in [2.24, 2.45) is 0 Å². The van der Waals surface area contributed by atoms with E-state index in [0.29, 0.717) is 30.4 Å². The van der Waals surface area contributed by atoms with E-state index in [-0.39, 0.29) is 5.91 Å². The number of aromatic nitrogens is 4. The highest BCUT2D eigenvalue weighted by Gasteiger charge is 2.24. The minimum Gasteiger partial charge on any atom is -0.490 e. The molecule has 1 atom stereocenters. The van der Waals surface area contributed by atoms with E-state index in [1.165, 1.54) is 11.0 Å². The average Bonchev–Trinajstić information content (AvgIpc) is 3.07. The number of nitrogens with one attached hydrogen (secondary N) is 1. The number of fused-ring (bicyclic) bond motifs is 1. The Bertz CT molecular complexity index is 883. The molecule has 1 aromatic heterocycles. The van der Waals surface area contributed by atoms with Crippen LogP contribution in [0.2, 0.25) is 0 Å². The third-order valence-electron chi connectivity index (χ3n) is 4.01. The topological polar surface area (TPSA) is 91.2 Å². The first-order valence-corrected chi connectivity index (χ1v) is 8.29. The molecule has 0 spiro atoms. The zero-order valence-corrected chi connectivity index (χ0v) is 13.9. The highest BCUT2D eigenvalue weighted by Crippen LogP contribution is 2.32. The number of tetrazole rings is 1. The van der Waals surface area contributed by atoms with Gasteiger partial charge < -0.3 is 14.8 Å². The molecule has 0 saturated heterocycles. The van der Waals surface area contributed by atoms with Gasteiger partial charge in [-0.05, 0) is 28.1 Å². The Hall–Kier alpha value is -3.42. The molecule has 0 saturated carbocycles. The molecule has 8 heteroatoms. The van der Waals surface area contributed by atoms with Crippen LogP contribution in [0.15, 0.2) is 54.9 Å². The number of benzene rings is 2. The number of nitrogens with zero attached hydrogens (tertiary/aromatic N) is 4. The number of carbonyl (C=O) groups excluding carboxylic acids is 1. The fourth-order valence-corrected chi connectivity index (χ4v) is 2.80. The van der Waals surface area contributed by atoms with Crippen LogP contribution in [-0.2, 0) is 4.79 Å². The summed E-state index contributed by atoms with van der Waals surface area (Å²) < 4.78 is 12.7. The summed E-state index contributed by atoms with van der Waals surface area (Å²) in [6.07, 6.45) is 2.25. The Labute approximate surface area is 149 Å². The molecule has 3 aromatic rings. The summed E-state index contributed by atoms with van der Waals surface area (Å²) in [5.41, 5.74) is 1.40. The number of anilines is 1. The summed E-state index contributed by atoms with van der Waals surface area (Å²) in [7, 11) is 0. The summed E-state index contributed by atoms with van der Waals surface area (Å²) in [5.74, 6) is 1.05. The molecule has 2 aromatic carbocycles. The summed E-state index contributed by atoms with van der Waals surface area (Å²) >= 11 is 0. The van der Waals surface area contributed by atoms with Crippen LogP contribution >= 0.6 is 0 Å². The zero-order chi connectivity index (χ0) is 17.8. The van der Waals surface area contributed by atoms with E-state index < -0.39 is 6.04 Å². The molecule has 132 valence electrons. The summed E-state index contributed by atoms with van der Waals surface area (Å²) in [4.78, 5) is 12.9. The third kappa shape index (κ3) is 3.34. The van der Waals surface area contributed by atoms with E-state index >= 15 is 0 Å².